The third-order valence-electron chi connectivity index (χ3n) is 9.23. The van der Waals surface area contributed by atoms with Gasteiger partial charge in [-0.15, -0.1) is 0 Å². The maximum atomic E-state index is 12.9. The van der Waals surface area contributed by atoms with Crippen LogP contribution >= 0.6 is 42.5 Å². The highest BCUT2D eigenvalue weighted by Gasteiger charge is 2.28. The van der Waals surface area contributed by atoms with Gasteiger partial charge in [0.1, 0.15) is 22.7 Å². The topological polar surface area (TPSA) is 203 Å². The molecule has 19 heteroatoms. The van der Waals surface area contributed by atoms with E-state index in [0.717, 1.165) is 72.9 Å². The van der Waals surface area contributed by atoms with Gasteiger partial charge in [-0.3, -0.25) is 0 Å². The minimum Gasteiger partial charge on any atom is -0.482 e. The van der Waals surface area contributed by atoms with Gasteiger partial charge in [-0.25, -0.2) is 41.1 Å². The molecule has 2 unspecified atom stereocenters. The highest BCUT2D eigenvalue weighted by Crippen LogP contribution is 2.36. The van der Waals surface area contributed by atoms with Crippen LogP contribution in [-0.2, 0) is 51.0 Å². The maximum Gasteiger partial charge on any atom is 0.344 e. The number of nitrogens with two attached hydrogens (primary N) is 1. The van der Waals surface area contributed by atoms with Crippen LogP contribution in [0.15, 0.2) is 92.1 Å². The van der Waals surface area contributed by atoms with Crippen LogP contribution in [-0.4, -0.2) is 63.2 Å². The standard InChI is InChI=1S/C22H27BrN2O5S.C17H25NO3.C5H3BrClNO2S/c1-22(2,3)30-21(26)14-29-19-10-6-8-16-17(19)7-4-5-9-18(16)25-31(27,28)20-12-11-15(23)13-24-20;1-17(2,3)21-16(19)11-20-15-10-6-8-12-13(15)7-4-5-9-14(12)18;6-4-1-2-5(8-3-4)11(7,9)10/h6,8,10-13,18,25H,4-5,7,9,14H2,1-3H3;6,8,10,14H,4-5,7,9,11,18H2,1-3H3;1-3H. The molecule has 6 rings (SSSR count). The summed E-state index contributed by atoms with van der Waals surface area (Å²) < 4.78 is 73.3. The van der Waals surface area contributed by atoms with E-state index in [0.29, 0.717) is 21.1 Å². The van der Waals surface area contributed by atoms with Gasteiger partial charge < -0.3 is 24.7 Å². The van der Waals surface area contributed by atoms with Crippen molar-refractivity contribution in [2.75, 3.05) is 13.2 Å². The van der Waals surface area contributed by atoms with Crippen molar-refractivity contribution in [2.45, 2.75) is 126 Å². The number of hydrogen-bond donors (Lipinski definition) is 2. The number of ether oxygens (including phenoxy) is 4. The predicted molar refractivity (Wildman–Crippen MR) is 248 cm³/mol. The van der Waals surface area contributed by atoms with Crippen LogP contribution < -0.4 is 19.9 Å². The van der Waals surface area contributed by atoms with Crippen molar-refractivity contribution in [3.8, 4) is 11.5 Å². The quantitative estimate of drug-likeness (QED) is 0.0865. The summed E-state index contributed by atoms with van der Waals surface area (Å²) in [6.45, 7) is 10.7. The van der Waals surface area contributed by atoms with Crippen molar-refractivity contribution in [1.29, 1.82) is 0 Å². The molecule has 2 heterocycles. The molecule has 0 amide bonds. The van der Waals surface area contributed by atoms with E-state index in [1.54, 1.807) is 39.0 Å². The number of nitrogens with zero attached hydrogens (tertiary/aromatic N) is 2. The fraction of sp³-hybridized carbons (Fsp3) is 0.455. The Bertz CT molecular complexity index is 2390. The van der Waals surface area contributed by atoms with Gasteiger partial charge in [-0.2, -0.15) is 0 Å². The number of halogens is 3. The third-order valence-corrected chi connectivity index (χ3v) is 12.8. The van der Waals surface area contributed by atoms with Crippen molar-refractivity contribution >= 4 is 73.6 Å². The van der Waals surface area contributed by atoms with Crippen LogP contribution in [0.5, 0.6) is 11.5 Å². The Kier molecular flexibility index (Phi) is 19.0. The number of carbonyl (C=O) groups is 2. The second-order valence-electron chi connectivity index (χ2n) is 16.7. The van der Waals surface area contributed by atoms with Crippen LogP contribution in [0.4, 0.5) is 0 Å². The minimum absolute atomic E-state index is 0.0289. The fourth-order valence-corrected chi connectivity index (χ4v) is 9.02. The molecule has 0 fully saturated rings. The number of pyridine rings is 2. The number of carbonyl (C=O) groups excluding carboxylic acids is 2. The molecule has 2 aromatic heterocycles. The number of aromatic nitrogens is 2. The molecule has 0 spiro atoms. The monoisotopic (exact) mass is 1060 g/mol. The lowest BCUT2D eigenvalue weighted by atomic mass is 9.99. The first kappa shape index (κ1) is 52.0. The third kappa shape index (κ3) is 17.3. The number of nitrogens with one attached hydrogen (secondary N) is 1. The van der Waals surface area contributed by atoms with E-state index in [4.69, 9.17) is 35.4 Å². The van der Waals surface area contributed by atoms with Crippen molar-refractivity contribution in [2.24, 2.45) is 5.73 Å². The molecule has 2 atom stereocenters. The van der Waals surface area contributed by atoms with Gasteiger partial charge in [0.15, 0.2) is 23.3 Å². The lowest BCUT2D eigenvalue weighted by Crippen LogP contribution is -2.29. The minimum atomic E-state index is -3.79. The number of benzene rings is 2. The van der Waals surface area contributed by atoms with Crippen molar-refractivity contribution in [3.63, 3.8) is 0 Å². The molecule has 344 valence electrons. The smallest absolute Gasteiger partial charge is 0.344 e. The Balaban J connectivity index is 0.000000233. The Morgan fingerprint density at radius 1 is 0.698 bits per heavy atom. The lowest BCUT2D eigenvalue weighted by molar-refractivity contribution is -0.158. The molecule has 2 aliphatic rings. The number of hydrogen-bond acceptors (Lipinski definition) is 13. The van der Waals surface area contributed by atoms with Gasteiger partial charge in [0.05, 0.1) is 0 Å². The van der Waals surface area contributed by atoms with Gasteiger partial charge in [-0.1, -0.05) is 37.1 Å². The van der Waals surface area contributed by atoms with Gasteiger partial charge in [-0.05, 0) is 171 Å². The zero-order valence-electron chi connectivity index (χ0n) is 36.2. The van der Waals surface area contributed by atoms with Crippen LogP contribution in [0.2, 0.25) is 0 Å². The van der Waals surface area contributed by atoms with E-state index in [1.165, 1.54) is 24.5 Å². The van der Waals surface area contributed by atoms with Gasteiger partial charge in [0.2, 0.25) is 0 Å². The molecule has 63 heavy (non-hydrogen) atoms. The number of sulfonamides is 1. The van der Waals surface area contributed by atoms with Crippen LogP contribution in [0.1, 0.15) is 114 Å². The summed E-state index contributed by atoms with van der Waals surface area (Å²) in [7, 11) is -2.47. The Hall–Kier alpha value is -3.65. The molecule has 2 aliphatic carbocycles. The average Bonchev–Trinajstić information content (AvgIpc) is 3.51. The van der Waals surface area contributed by atoms with Crippen LogP contribution in [0.3, 0.4) is 0 Å². The summed E-state index contributed by atoms with van der Waals surface area (Å²) in [4.78, 5) is 31.4. The van der Waals surface area contributed by atoms with Crippen LogP contribution in [0.25, 0.3) is 0 Å². The van der Waals surface area contributed by atoms with E-state index in [-0.39, 0.29) is 35.3 Å². The van der Waals surface area contributed by atoms with E-state index < -0.39 is 42.3 Å². The fourth-order valence-electron chi connectivity index (χ4n) is 6.68. The molecular formula is C44H55Br2ClN4O10S2. The maximum absolute atomic E-state index is 12.9. The predicted octanol–water partition coefficient (Wildman–Crippen LogP) is 9.22. The van der Waals surface area contributed by atoms with Crippen molar-refractivity contribution in [3.05, 3.63) is 104 Å². The van der Waals surface area contributed by atoms with E-state index in [2.05, 4.69) is 52.6 Å². The van der Waals surface area contributed by atoms with Crippen molar-refractivity contribution in [1.82, 2.24) is 14.7 Å². The Morgan fingerprint density at radius 3 is 1.62 bits per heavy atom. The molecular weight excluding hydrogens is 1000 g/mol. The second kappa shape index (κ2) is 23.0. The number of esters is 2. The first-order chi connectivity index (χ1) is 29.4. The average molecular weight is 1060 g/mol. The zero-order chi connectivity index (χ0) is 46.6. The largest absolute Gasteiger partial charge is 0.482 e. The number of fused-ring (bicyclic) bond motifs is 2. The summed E-state index contributed by atoms with van der Waals surface area (Å²) in [6.07, 6.45) is 10.2. The highest BCUT2D eigenvalue weighted by atomic mass is 79.9. The van der Waals surface area contributed by atoms with E-state index >= 15 is 0 Å². The SMILES string of the molecule is CC(C)(C)OC(=O)COc1cccc2c1CCCCC2N.CC(C)(C)OC(=O)COc1cccc2c1CCCCC2NS(=O)(=O)c1ccc(Br)cn1.O=S(=O)(Cl)c1ccc(Br)cn1. The zero-order valence-corrected chi connectivity index (χ0v) is 41.7. The molecule has 0 bridgehead atoms. The Morgan fingerprint density at radius 2 is 1.16 bits per heavy atom. The summed E-state index contributed by atoms with van der Waals surface area (Å²) in [5, 5.41) is -0.166. The van der Waals surface area contributed by atoms with E-state index in [9.17, 15) is 26.4 Å². The van der Waals surface area contributed by atoms with E-state index in [1.807, 2.05) is 45.0 Å². The lowest BCUT2D eigenvalue weighted by Gasteiger charge is -2.22. The second-order valence-corrected chi connectivity index (χ2v) is 22.7. The highest BCUT2D eigenvalue weighted by molar-refractivity contribution is 9.10. The molecule has 0 radical (unpaired) electrons. The van der Waals surface area contributed by atoms with Crippen LogP contribution in [0, 0.1) is 0 Å². The summed E-state index contributed by atoms with van der Waals surface area (Å²) in [6, 6.07) is 17.1. The molecule has 14 nitrogen and oxygen atoms in total. The molecule has 0 saturated carbocycles. The summed E-state index contributed by atoms with van der Waals surface area (Å²) in [5.41, 5.74) is 9.20. The first-order valence-electron chi connectivity index (χ1n) is 20.3. The molecule has 0 saturated heterocycles. The Labute approximate surface area is 392 Å². The number of rotatable bonds is 10. The molecule has 3 N–H and O–H groups in total. The van der Waals surface area contributed by atoms with Gasteiger partial charge in [0, 0.05) is 44.1 Å². The van der Waals surface area contributed by atoms with Gasteiger partial charge >= 0.3 is 11.9 Å². The first-order valence-corrected chi connectivity index (χ1v) is 25.7. The molecule has 2 aromatic carbocycles. The molecule has 4 aromatic rings. The van der Waals surface area contributed by atoms with Gasteiger partial charge in [0.25, 0.3) is 19.1 Å². The normalized spacial score (nSPS) is 16.5. The van der Waals surface area contributed by atoms with Crippen molar-refractivity contribution < 1.29 is 45.4 Å². The summed E-state index contributed by atoms with van der Waals surface area (Å²) >= 11 is 6.38. The molecule has 0 aliphatic heterocycles. The summed E-state index contributed by atoms with van der Waals surface area (Å²) in [5.74, 6) is 0.544.